The minimum absolute atomic E-state index is 0. The molecule has 16 heavy (non-hydrogen) atoms. The predicted molar refractivity (Wildman–Crippen MR) is 59.3 cm³/mol. The number of rotatable bonds is 0. The quantitative estimate of drug-likeness (QED) is 0.614. The smallest absolute Gasteiger partial charge is 0.850 e. The molecule has 0 unspecified atom stereocenters. The van der Waals surface area contributed by atoms with Gasteiger partial charge in [-0.05, 0) is 0 Å². The molecular formula is C12H27O3Tb. The summed E-state index contributed by atoms with van der Waals surface area (Å²) in [5.74, 6) is 0. The average molecular weight is 378 g/mol. The van der Waals surface area contributed by atoms with Gasteiger partial charge in [-0.15, -0.1) is 16.8 Å². The van der Waals surface area contributed by atoms with Gasteiger partial charge in [0.05, 0.1) is 0 Å². The fraction of sp³-hybridized carbons (Fsp3) is 1.00. The Kier molecular flexibility index (Phi) is 16.4. The van der Waals surface area contributed by atoms with E-state index >= 15 is 0 Å². The molecule has 0 heterocycles. The molecule has 0 rings (SSSR count). The summed E-state index contributed by atoms with van der Waals surface area (Å²) in [6.45, 7) is 14.7. The Bertz CT molecular complexity index is 91.3. The fourth-order valence-electron chi connectivity index (χ4n) is 0. The molecule has 0 aromatic rings. The van der Waals surface area contributed by atoms with Crippen LogP contribution in [0.5, 0.6) is 0 Å². The first-order chi connectivity index (χ1) is 6.00. The SMILES string of the molecule is CC(C)(C)[O-].CC(C)(C)[O-].CC(C)(C)[O-].[Tb+3]. The summed E-state index contributed by atoms with van der Waals surface area (Å²) in [6, 6.07) is 0. The molecule has 0 aliphatic carbocycles. The first-order valence-corrected chi connectivity index (χ1v) is 5.11. The van der Waals surface area contributed by atoms with E-state index in [4.69, 9.17) is 0 Å². The Hall–Kier alpha value is 1.17. The van der Waals surface area contributed by atoms with E-state index in [1.165, 1.54) is 0 Å². The van der Waals surface area contributed by atoms with Crippen LogP contribution in [-0.2, 0) is 0 Å². The summed E-state index contributed by atoms with van der Waals surface area (Å²) < 4.78 is 0. The van der Waals surface area contributed by atoms with Crippen LogP contribution in [0.4, 0.5) is 0 Å². The van der Waals surface area contributed by atoms with Gasteiger partial charge in [0.15, 0.2) is 0 Å². The van der Waals surface area contributed by atoms with Crippen LogP contribution in [0.3, 0.4) is 0 Å². The van der Waals surface area contributed by atoms with Crippen molar-refractivity contribution >= 4 is 0 Å². The molecule has 0 aliphatic heterocycles. The molecule has 0 N–H and O–H groups in total. The van der Waals surface area contributed by atoms with Crippen molar-refractivity contribution in [3.63, 3.8) is 0 Å². The van der Waals surface area contributed by atoms with Crippen molar-refractivity contribution in [2.75, 3.05) is 0 Å². The predicted octanol–water partition coefficient (Wildman–Crippen LogP) is 0.436. The monoisotopic (exact) mass is 378 g/mol. The van der Waals surface area contributed by atoms with Crippen molar-refractivity contribution in [2.45, 2.75) is 79.1 Å². The summed E-state index contributed by atoms with van der Waals surface area (Å²) in [5.41, 5.74) is -2.25. The molecule has 0 radical (unpaired) electrons. The Morgan fingerprint density at radius 3 is 0.438 bits per heavy atom. The van der Waals surface area contributed by atoms with Gasteiger partial charge in [0.25, 0.3) is 0 Å². The van der Waals surface area contributed by atoms with Crippen LogP contribution >= 0.6 is 0 Å². The molecule has 0 aromatic heterocycles. The maximum Gasteiger partial charge on any atom is 3.00 e. The molecule has 0 atom stereocenters. The third-order valence-corrected chi connectivity index (χ3v) is 0. The summed E-state index contributed by atoms with van der Waals surface area (Å²) in [7, 11) is 0. The molecule has 0 saturated carbocycles. The van der Waals surface area contributed by atoms with E-state index in [1.807, 2.05) is 0 Å². The first-order valence-electron chi connectivity index (χ1n) is 5.11. The van der Waals surface area contributed by atoms with E-state index in [0.717, 1.165) is 0 Å². The Balaban J connectivity index is -0.0000000655. The topological polar surface area (TPSA) is 69.2 Å². The fourth-order valence-corrected chi connectivity index (χ4v) is 0. The van der Waals surface area contributed by atoms with Crippen molar-refractivity contribution in [1.29, 1.82) is 0 Å². The van der Waals surface area contributed by atoms with Crippen LogP contribution in [0.2, 0.25) is 0 Å². The van der Waals surface area contributed by atoms with Gasteiger partial charge in [0.2, 0.25) is 0 Å². The maximum absolute atomic E-state index is 10.1. The minimum Gasteiger partial charge on any atom is -0.850 e. The van der Waals surface area contributed by atoms with E-state index in [9.17, 15) is 15.3 Å². The molecule has 4 heteroatoms. The van der Waals surface area contributed by atoms with Gasteiger partial charge in [-0.3, -0.25) is 0 Å². The Labute approximate surface area is 132 Å². The van der Waals surface area contributed by atoms with Gasteiger partial charge >= 0.3 is 38.6 Å². The van der Waals surface area contributed by atoms with E-state index in [1.54, 1.807) is 62.3 Å². The van der Waals surface area contributed by atoms with Crippen LogP contribution < -0.4 is 15.3 Å². The molecule has 3 nitrogen and oxygen atoms in total. The largest absolute Gasteiger partial charge is 3.00 e. The zero-order valence-corrected chi connectivity index (χ0v) is 14.2. The van der Waals surface area contributed by atoms with Crippen molar-refractivity contribution in [3.05, 3.63) is 0 Å². The van der Waals surface area contributed by atoms with Crippen molar-refractivity contribution in [1.82, 2.24) is 0 Å². The standard InChI is InChI=1S/3C4H9O.Tb/c3*1-4(2,3)5;/h3*1-3H3;/q3*-1;+3. The van der Waals surface area contributed by atoms with E-state index in [-0.39, 0.29) is 38.6 Å². The third-order valence-electron chi connectivity index (χ3n) is 0. The molecule has 0 spiro atoms. The molecule has 0 aromatic carbocycles. The van der Waals surface area contributed by atoms with E-state index in [0.29, 0.717) is 0 Å². The molecule has 0 amide bonds. The Morgan fingerprint density at radius 2 is 0.438 bits per heavy atom. The van der Waals surface area contributed by atoms with Crippen LogP contribution in [0.15, 0.2) is 0 Å². The van der Waals surface area contributed by atoms with E-state index in [2.05, 4.69) is 0 Å². The van der Waals surface area contributed by atoms with Gasteiger partial charge in [0.1, 0.15) is 0 Å². The zero-order valence-electron chi connectivity index (χ0n) is 12.1. The Morgan fingerprint density at radius 1 is 0.438 bits per heavy atom. The second-order valence-electron chi connectivity index (χ2n) is 6.34. The van der Waals surface area contributed by atoms with Crippen molar-refractivity contribution in [3.8, 4) is 0 Å². The normalized spacial score (nSPS) is 11.2. The molecule has 0 saturated heterocycles. The second-order valence-corrected chi connectivity index (χ2v) is 6.34. The summed E-state index contributed by atoms with van der Waals surface area (Å²) in [4.78, 5) is 0. The van der Waals surface area contributed by atoms with Gasteiger partial charge in [-0.1, -0.05) is 62.3 Å². The van der Waals surface area contributed by atoms with Crippen molar-refractivity contribution < 1.29 is 53.9 Å². The van der Waals surface area contributed by atoms with Gasteiger partial charge in [-0.2, -0.15) is 0 Å². The zero-order chi connectivity index (χ0) is 13.5. The molecular weight excluding hydrogens is 351 g/mol. The third kappa shape index (κ3) is 2240. The summed E-state index contributed by atoms with van der Waals surface area (Å²) in [6.07, 6.45) is 0. The molecule has 0 bridgehead atoms. The second kappa shape index (κ2) is 10.1. The van der Waals surface area contributed by atoms with Crippen LogP contribution in [0, 0.1) is 38.6 Å². The first kappa shape index (κ1) is 25.9. The van der Waals surface area contributed by atoms with Gasteiger partial charge in [-0.25, -0.2) is 0 Å². The molecule has 0 aliphatic rings. The van der Waals surface area contributed by atoms with Crippen LogP contribution in [0.25, 0.3) is 0 Å². The number of hydrogen-bond acceptors (Lipinski definition) is 3. The van der Waals surface area contributed by atoms with Gasteiger partial charge in [0, 0.05) is 0 Å². The van der Waals surface area contributed by atoms with E-state index < -0.39 is 16.8 Å². The molecule has 0 fully saturated rings. The van der Waals surface area contributed by atoms with Crippen LogP contribution in [-0.4, -0.2) is 16.8 Å². The summed E-state index contributed by atoms with van der Waals surface area (Å²) >= 11 is 0. The molecule has 102 valence electrons. The number of hydrogen-bond donors (Lipinski definition) is 0. The van der Waals surface area contributed by atoms with Gasteiger partial charge < -0.3 is 15.3 Å². The van der Waals surface area contributed by atoms with Crippen molar-refractivity contribution in [2.24, 2.45) is 0 Å². The van der Waals surface area contributed by atoms with Crippen LogP contribution in [0.1, 0.15) is 62.3 Å². The summed E-state index contributed by atoms with van der Waals surface area (Å²) in [5, 5.41) is 30.3. The maximum atomic E-state index is 10.1. The minimum atomic E-state index is -0.750. The average Bonchev–Trinajstić information content (AvgIpc) is 1.41.